The summed E-state index contributed by atoms with van der Waals surface area (Å²) in [4.78, 5) is 13.7. The number of amides is 1. The van der Waals surface area contributed by atoms with Crippen LogP contribution in [0.25, 0.3) is 0 Å². The van der Waals surface area contributed by atoms with E-state index in [9.17, 15) is 4.79 Å². The maximum Gasteiger partial charge on any atom is 0.224 e. The number of hydrogen-bond donors (Lipinski definition) is 2. The van der Waals surface area contributed by atoms with Gasteiger partial charge in [0.1, 0.15) is 0 Å². The maximum atomic E-state index is 11.4. The lowest BCUT2D eigenvalue weighted by Crippen LogP contribution is -2.37. The van der Waals surface area contributed by atoms with E-state index >= 15 is 0 Å². The van der Waals surface area contributed by atoms with Gasteiger partial charge in [-0.3, -0.25) is 4.79 Å². The molecule has 2 atom stereocenters. The van der Waals surface area contributed by atoms with Gasteiger partial charge in [0.25, 0.3) is 0 Å². The minimum absolute atomic E-state index is 0.131. The Balaban J connectivity index is 1.89. The molecule has 108 valence electrons. The van der Waals surface area contributed by atoms with Crippen LogP contribution in [0.4, 0.5) is 5.69 Å². The molecular weight excluding hydrogens is 250 g/mol. The Kier molecular flexibility index (Phi) is 3.76. The van der Waals surface area contributed by atoms with Crippen molar-refractivity contribution in [2.24, 2.45) is 0 Å². The second-order valence-electron chi connectivity index (χ2n) is 6.08. The molecular formula is C16H23N3O. The Labute approximate surface area is 120 Å². The third kappa shape index (κ3) is 2.58. The van der Waals surface area contributed by atoms with E-state index in [1.807, 2.05) is 0 Å². The summed E-state index contributed by atoms with van der Waals surface area (Å²) in [7, 11) is 4.29. The lowest BCUT2D eigenvalue weighted by Gasteiger charge is -2.31. The molecule has 4 heteroatoms. The van der Waals surface area contributed by atoms with Crippen LogP contribution in [0, 0.1) is 0 Å². The molecule has 20 heavy (non-hydrogen) atoms. The zero-order chi connectivity index (χ0) is 14.1. The normalized spacial score (nSPS) is 23.6. The zero-order valence-corrected chi connectivity index (χ0v) is 12.3. The molecule has 2 N–H and O–H groups in total. The summed E-state index contributed by atoms with van der Waals surface area (Å²) in [6.45, 7) is 1.12. The van der Waals surface area contributed by atoms with E-state index in [2.05, 4.69) is 47.8 Å². The van der Waals surface area contributed by atoms with Gasteiger partial charge in [-0.2, -0.15) is 0 Å². The molecule has 1 saturated heterocycles. The largest absolute Gasteiger partial charge is 0.326 e. The van der Waals surface area contributed by atoms with Crippen LogP contribution in [-0.4, -0.2) is 37.5 Å². The second-order valence-corrected chi connectivity index (χ2v) is 6.08. The van der Waals surface area contributed by atoms with E-state index in [-0.39, 0.29) is 5.91 Å². The predicted molar refractivity (Wildman–Crippen MR) is 80.8 cm³/mol. The van der Waals surface area contributed by atoms with Crippen LogP contribution in [-0.2, 0) is 11.2 Å². The number of benzene rings is 1. The molecule has 0 radical (unpaired) electrons. The second kappa shape index (κ2) is 5.54. The first-order chi connectivity index (χ1) is 9.65. The van der Waals surface area contributed by atoms with Gasteiger partial charge in [-0.05, 0) is 57.1 Å². The number of likely N-dealkylation sites (N-methyl/N-ethyl adjacent to an activating group) is 1. The number of rotatable bonds is 3. The smallest absolute Gasteiger partial charge is 0.224 e. The summed E-state index contributed by atoms with van der Waals surface area (Å²) in [5.41, 5.74) is 3.61. The Hall–Kier alpha value is -1.39. The maximum absolute atomic E-state index is 11.4. The fourth-order valence-electron chi connectivity index (χ4n) is 3.46. The van der Waals surface area contributed by atoms with Crippen molar-refractivity contribution in [1.82, 2.24) is 10.2 Å². The van der Waals surface area contributed by atoms with Crippen LogP contribution in [0.2, 0.25) is 0 Å². The highest BCUT2D eigenvalue weighted by atomic mass is 16.1. The van der Waals surface area contributed by atoms with E-state index in [0.29, 0.717) is 18.5 Å². The van der Waals surface area contributed by atoms with Crippen LogP contribution in [0.5, 0.6) is 0 Å². The quantitative estimate of drug-likeness (QED) is 0.884. The van der Waals surface area contributed by atoms with Gasteiger partial charge in [-0.1, -0.05) is 12.1 Å². The van der Waals surface area contributed by atoms with Crippen molar-refractivity contribution in [3.63, 3.8) is 0 Å². The minimum Gasteiger partial charge on any atom is -0.326 e. The van der Waals surface area contributed by atoms with Gasteiger partial charge in [-0.15, -0.1) is 0 Å². The van der Waals surface area contributed by atoms with Crippen molar-refractivity contribution >= 4 is 11.6 Å². The van der Waals surface area contributed by atoms with E-state index in [1.165, 1.54) is 24.0 Å². The van der Waals surface area contributed by atoms with E-state index in [1.54, 1.807) is 0 Å². The highest BCUT2D eigenvalue weighted by Gasteiger charge is 2.28. The molecule has 1 aromatic carbocycles. The number of aryl methyl sites for hydroxylation is 1. The number of carbonyl (C=O) groups is 1. The summed E-state index contributed by atoms with van der Waals surface area (Å²) in [5.74, 6) is 0.131. The summed E-state index contributed by atoms with van der Waals surface area (Å²) in [5, 5.41) is 6.57. The third-order valence-electron chi connectivity index (χ3n) is 4.40. The third-order valence-corrected chi connectivity index (χ3v) is 4.40. The molecule has 3 rings (SSSR count). The molecule has 2 aliphatic rings. The van der Waals surface area contributed by atoms with E-state index < -0.39 is 0 Å². The Morgan fingerprint density at radius 1 is 1.30 bits per heavy atom. The van der Waals surface area contributed by atoms with Crippen LogP contribution in [0.15, 0.2) is 18.2 Å². The molecule has 4 nitrogen and oxygen atoms in total. The topological polar surface area (TPSA) is 44.4 Å². The van der Waals surface area contributed by atoms with Gasteiger partial charge in [0.15, 0.2) is 0 Å². The van der Waals surface area contributed by atoms with Crippen molar-refractivity contribution in [2.45, 2.75) is 37.8 Å². The fourth-order valence-corrected chi connectivity index (χ4v) is 3.46. The molecule has 0 aliphatic carbocycles. The summed E-state index contributed by atoms with van der Waals surface area (Å²) in [6, 6.07) is 7.43. The number of carbonyl (C=O) groups excluding carboxylic acids is 1. The van der Waals surface area contributed by atoms with Gasteiger partial charge in [-0.25, -0.2) is 0 Å². The van der Waals surface area contributed by atoms with Gasteiger partial charge in [0, 0.05) is 24.2 Å². The molecule has 1 fully saturated rings. The number of fused-ring (bicyclic) bond motifs is 1. The highest BCUT2D eigenvalue weighted by molar-refractivity contribution is 5.93. The summed E-state index contributed by atoms with van der Waals surface area (Å²) < 4.78 is 0. The van der Waals surface area contributed by atoms with Crippen LogP contribution in [0.3, 0.4) is 0 Å². The van der Waals surface area contributed by atoms with E-state index in [0.717, 1.165) is 18.7 Å². The molecule has 1 aromatic rings. The monoisotopic (exact) mass is 273 g/mol. The average molecular weight is 273 g/mol. The van der Waals surface area contributed by atoms with Gasteiger partial charge >= 0.3 is 0 Å². The lowest BCUT2D eigenvalue weighted by atomic mass is 9.92. The Morgan fingerprint density at radius 3 is 2.85 bits per heavy atom. The van der Waals surface area contributed by atoms with Crippen molar-refractivity contribution < 1.29 is 4.79 Å². The van der Waals surface area contributed by atoms with Crippen molar-refractivity contribution in [3.8, 4) is 0 Å². The van der Waals surface area contributed by atoms with Gasteiger partial charge < -0.3 is 15.5 Å². The molecule has 2 unspecified atom stereocenters. The van der Waals surface area contributed by atoms with Crippen molar-refractivity contribution in [1.29, 1.82) is 0 Å². The first-order valence-electron chi connectivity index (χ1n) is 7.47. The average Bonchev–Trinajstić information content (AvgIpc) is 2.92. The molecule has 1 amide bonds. The molecule has 0 aromatic heterocycles. The minimum atomic E-state index is 0.131. The Bertz CT molecular complexity index is 506. The van der Waals surface area contributed by atoms with E-state index in [4.69, 9.17) is 0 Å². The van der Waals surface area contributed by atoms with Crippen LogP contribution >= 0.6 is 0 Å². The van der Waals surface area contributed by atoms with Gasteiger partial charge in [0.2, 0.25) is 5.91 Å². The zero-order valence-electron chi connectivity index (χ0n) is 12.3. The fraction of sp³-hybridized carbons (Fsp3) is 0.562. The van der Waals surface area contributed by atoms with Gasteiger partial charge in [0.05, 0.1) is 0 Å². The molecule has 0 bridgehead atoms. The standard InChI is InChI=1S/C16H23N3O/c1-19(2)16(14-4-3-9-17-14)12-5-7-13-11(10-12)6-8-15(20)18-13/h5,7,10,14,16-17H,3-4,6,8-9H2,1-2H3,(H,18,20). The summed E-state index contributed by atoms with van der Waals surface area (Å²) in [6.07, 6.45) is 3.95. The first-order valence-corrected chi connectivity index (χ1v) is 7.47. The SMILES string of the molecule is CN(C)C(c1ccc2c(c1)CCC(=O)N2)C1CCCN1. The summed E-state index contributed by atoms with van der Waals surface area (Å²) >= 11 is 0. The molecule has 2 heterocycles. The lowest BCUT2D eigenvalue weighted by molar-refractivity contribution is -0.116. The van der Waals surface area contributed by atoms with Crippen LogP contribution in [0.1, 0.15) is 36.4 Å². The number of nitrogens with zero attached hydrogens (tertiary/aromatic N) is 1. The molecule has 2 aliphatic heterocycles. The molecule has 0 saturated carbocycles. The number of anilines is 1. The number of hydrogen-bond acceptors (Lipinski definition) is 3. The highest BCUT2D eigenvalue weighted by Crippen LogP contribution is 2.31. The van der Waals surface area contributed by atoms with Crippen molar-refractivity contribution in [3.05, 3.63) is 29.3 Å². The molecule has 0 spiro atoms. The van der Waals surface area contributed by atoms with Crippen LogP contribution < -0.4 is 10.6 Å². The number of nitrogens with one attached hydrogen (secondary N) is 2. The predicted octanol–water partition coefficient (Wildman–Crippen LogP) is 1.93. The van der Waals surface area contributed by atoms with Crippen molar-refractivity contribution in [2.75, 3.05) is 26.0 Å². The first kappa shape index (κ1) is 13.6. The Morgan fingerprint density at radius 2 is 2.15 bits per heavy atom.